The predicted octanol–water partition coefficient (Wildman–Crippen LogP) is 2.08. The Balaban J connectivity index is 0.00000264. The van der Waals surface area contributed by atoms with Gasteiger partial charge in [0.25, 0.3) is 0 Å². The lowest BCUT2D eigenvalue weighted by Crippen LogP contribution is -2.41. The Bertz CT molecular complexity index is 572. The fraction of sp³-hybridized carbons (Fsp3) is 0.625. The molecule has 0 bridgehead atoms. The summed E-state index contributed by atoms with van der Waals surface area (Å²) < 4.78 is 32.3. The molecule has 2 rings (SSSR count). The maximum atomic E-state index is 12.5. The first-order chi connectivity index (χ1) is 10.5. The van der Waals surface area contributed by atoms with Gasteiger partial charge in [0, 0.05) is 19.7 Å². The van der Waals surface area contributed by atoms with Crippen molar-refractivity contribution in [2.75, 3.05) is 26.2 Å². The van der Waals surface area contributed by atoms with Crippen molar-refractivity contribution in [2.24, 2.45) is 5.73 Å². The number of piperidine rings is 1. The normalized spacial score (nSPS) is 17.0. The lowest BCUT2D eigenvalue weighted by molar-refractivity contribution is 0.0208. The Morgan fingerprint density at radius 3 is 2.61 bits per heavy atom. The van der Waals surface area contributed by atoms with Gasteiger partial charge in [-0.05, 0) is 38.3 Å². The van der Waals surface area contributed by atoms with E-state index in [1.807, 2.05) is 31.2 Å². The minimum absolute atomic E-state index is 0. The van der Waals surface area contributed by atoms with Gasteiger partial charge in [0.1, 0.15) is 0 Å². The van der Waals surface area contributed by atoms with E-state index < -0.39 is 10.0 Å². The van der Waals surface area contributed by atoms with Crippen LogP contribution in [0.25, 0.3) is 0 Å². The van der Waals surface area contributed by atoms with Gasteiger partial charge in [0.15, 0.2) is 0 Å². The summed E-state index contributed by atoms with van der Waals surface area (Å²) >= 11 is 0. The highest BCUT2D eigenvalue weighted by Gasteiger charge is 2.28. The number of nitrogens with two attached hydrogens (primary N) is 1. The molecule has 0 aliphatic carbocycles. The number of aryl methyl sites for hydroxylation is 1. The van der Waals surface area contributed by atoms with Crippen LogP contribution in [0, 0.1) is 6.92 Å². The van der Waals surface area contributed by atoms with Gasteiger partial charge in [0.05, 0.1) is 11.9 Å². The van der Waals surface area contributed by atoms with Crippen LogP contribution in [0.5, 0.6) is 0 Å². The summed E-state index contributed by atoms with van der Waals surface area (Å²) in [5.74, 6) is 0.0768. The Labute approximate surface area is 145 Å². The molecule has 132 valence electrons. The molecular formula is C16H27ClN2O3S. The minimum atomic E-state index is -3.24. The highest BCUT2D eigenvalue weighted by Crippen LogP contribution is 2.20. The summed E-state index contributed by atoms with van der Waals surface area (Å²) in [6, 6.07) is 7.67. The number of halogens is 1. The first-order valence-corrected chi connectivity index (χ1v) is 9.47. The van der Waals surface area contributed by atoms with E-state index in [2.05, 4.69) is 0 Å². The number of rotatable bonds is 7. The van der Waals surface area contributed by atoms with Crippen molar-refractivity contribution < 1.29 is 13.2 Å². The summed E-state index contributed by atoms with van der Waals surface area (Å²) in [6.07, 6.45) is 2.54. The topological polar surface area (TPSA) is 72.6 Å². The van der Waals surface area contributed by atoms with E-state index in [-0.39, 0.29) is 24.3 Å². The molecule has 0 atom stereocenters. The summed E-state index contributed by atoms with van der Waals surface area (Å²) in [7, 11) is -3.24. The molecule has 7 heteroatoms. The lowest BCUT2D eigenvalue weighted by atomic mass is 10.1. The van der Waals surface area contributed by atoms with Crippen molar-refractivity contribution in [3.05, 3.63) is 35.4 Å². The highest BCUT2D eigenvalue weighted by molar-refractivity contribution is 7.88. The van der Waals surface area contributed by atoms with E-state index in [0.717, 1.165) is 30.4 Å². The van der Waals surface area contributed by atoms with Crippen LogP contribution in [0.4, 0.5) is 0 Å². The SMILES string of the molecule is Cc1cccc(CS(=O)(=O)N2CCC(OCCCN)CC2)c1.Cl. The summed E-state index contributed by atoms with van der Waals surface area (Å²) in [5, 5.41) is 0. The summed E-state index contributed by atoms with van der Waals surface area (Å²) in [5.41, 5.74) is 7.37. The Morgan fingerprint density at radius 1 is 1.30 bits per heavy atom. The first kappa shape index (κ1) is 20.4. The fourth-order valence-electron chi connectivity index (χ4n) is 2.71. The van der Waals surface area contributed by atoms with E-state index >= 15 is 0 Å². The van der Waals surface area contributed by atoms with Gasteiger partial charge < -0.3 is 10.5 Å². The number of hydrogen-bond donors (Lipinski definition) is 1. The van der Waals surface area contributed by atoms with Gasteiger partial charge in [-0.1, -0.05) is 29.8 Å². The van der Waals surface area contributed by atoms with Crippen LogP contribution in [0.2, 0.25) is 0 Å². The number of nitrogens with zero attached hydrogens (tertiary/aromatic N) is 1. The van der Waals surface area contributed by atoms with Crippen LogP contribution < -0.4 is 5.73 Å². The maximum absolute atomic E-state index is 12.5. The Hall–Kier alpha value is -0.660. The number of sulfonamides is 1. The van der Waals surface area contributed by atoms with Crippen LogP contribution in [0.3, 0.4) is 0 Å². The number of ether oxygens (including phenoxy) is 1. The third kappa shape index (κ3) is 6.39. The zero-order valence-corrected chi connectivity index (χ0v) is 15.2. The van der Waals surface area contributed by atoms with Gasteiger partial charge in [0.2, 0.25) is 10.0 Å². The van der Waals surface area contributed by atoms with E-state index in [1.54, 1.807) is 4.31 Å². The lowest BCUT2D eigenvalue weighted by Gasteiger charge is -2.31. The molecule has 1 saturated heterocycles. The molecule has 23 heavy (non-hydrogen) atoms. The van der Waals surface area contributed by atoms with Gasteiger partial charge in [-0.2, -0.15) is 0 Å². The minimum Gasteiger partial charge on any atom is -0.378 e. The molecule has 0 radical (unpaired) electrons. The van der Waals surface area contributed by atoms with Gasteiger partial charge in [-0.25, -0.2) is 12.7 Å². The zero-order valence-electron chi connectivity index (χ0n) is 13.6. The molecule has 1 fully saturated rings. The zero-order chi connectivity index (χ0) is 16.0. The van der Waals surface area contributed by atoms with Crippen molar-refractivity contribution in [3.63, 3.8) is 0 Å². The first-order valence-electron chi connectivity index (χ1n) is 7.86. The van der Waals surface area contributed by atoms with Gasteiger partial charge in [-0.15, -0.1) is 12.4 Å². The van der Waals surface area contributed by atoms with E-state index in [9.17, 15) is 8.42 Å². The molecule has 1 aliphatic heterocycles. The van der Waals surface area contributed by atoms with Crippen molar-refractivity contribution in [3.8, 4) is 0 Å². The molecule has 0 aromatic heterocycles. The molecule has 2 N–H and O–H groups in total. The molecule has 0 saturated carbocycles. The third-order valence-electron chi connectivity index (χ3n) is 3.93. The van der Waals surface area contributed by atoms with Crippen molar-refractivity contribution in [1.82, 2.24) is 4.31 Å². The second-order valence-electron chi connectivity index (χ2n) is 5.86. The quantitative estimate of drug-likeness (QED) is 0.754. The van der Waals surface area contributed by atoms with Gasteiger partial charge in [-0.3, -0.25) is 0 Å². The molecule has 1 aromatic rings. The van der Waals surface area contributed by atoms with Gasteiger partial charge >= 0.3 is 0 Å². The van der Waals surface area contributed by atoms with E-state index in [0.29, 0.717) is 26.2 Å². The van der Waals surface area contributed by atoms with Crippen molar-refractivity contribution in [2.45, 2.75) is 38.0 Å². The van der Waals surface area contributed by atoms with Crippen LogP contribution in [0.15, 0.2) is 24.3 Å². The van der Waals surface area contributed by atoms with Crippen molar-refractivity contribution >= 4 is 22.4 Å². The molecule has 1 aromatic carbocycles. The number of benzene rings is 1. The smallest absolute Gasteiger partial charge is 0.218 e. The standard InChI is InChI=1S/C16H26N2O3S.ClH/c1-14-4-2-5-15(12-14)13-22(19,20)18-9-6-16(7-10-18)21-11-3-8-17;/h2,4-5,12,16H,3,6-11,13,17H2,1H3;1H. The van der Waals surface area contributed by atoms with Crippen molar-refractivity contribution in [1.29, 1.82) is 0 Å². The second kappa shape index (κ2) is 9.59. The molecule has 1 aliphatic rings. The molecule has 0 unspecified atom stereocenters. The number of hydrogen-bond acceptors (Lipinski definition) is 4. The van der Waals surface area contributed by atoms with Crippen LogP contribution in [0.1, 0.15) is 30.4 Å². The Kier molecular flexibility index (Phi) is 8.50. The molecule has 1 heterocycles. The average Bonchev–Trinajstić information content (AvgIpc) is 2.47. The molecule has 0 amide bonds. The largest absolute Gasteiger partial charge is 0.378 e. The summed E-state index contributed by atoms with van der Waals surface area (Å²) in [6.45, 7) is 4.35. The van der Waals surface area contributed by atoms with Crippen LogP contribution in [-0.2, 0) is 20.5 Å². The maximum Gasteiger partial charge on any atom is 0.218 e. The second-order valence-corrected chi connectivity index (χ2v) is 7.83. The fourth-order valence-corrected chi connectivity index (χ4v) is 4.26. The van der Waals surface area contributed by atoms with Crippen LogP contribution >= 0.6 is 12.4 Å². The summed E-state index contributed by atoms with van der Waals surface area (Å²) in [4.78, 5) is 0. The molecule has 0 spiro atoms. The average molecular weight is 363 g/mol. The third-order valence-corrected chi connectivity index (χ3v) is 5.78. The van der Waals surface area contributed by atoms with Crippen LogP contribution in [-0.4, -0.2) is 45.1 Å². The Morgan fingerprint density at radius 2 is 2.00 bits per heavy atom. The highest BCUT2D eigenvalue weighted by atomic mass is 35.5. The molecular weight excluding hydrogens is 336 g/mol. The molecule has 5 nitrogen and oxygen atoms in total. The monoisotopic (exact) mass is 362 g/mol. The predicted molar refractivity (Wildman–Crippen MR) is 95.3 cm³/mol. The van der Waals surface area contributed by atoms with E-state index in [4.69, 9.17) is 10.5 Å². The van der Waals surface area contributed by atoms with E-state index in [1.165, 1.54) is 0 Å².